The van der Waals surface area contributed by atoms with Crippen molar-refractivity contribution in [1.29, 1.82) is 0 Å². The summed E-state index contributed by atoms with van der Waals surface area (Å²) in [6.45, 7) is 2.26. The Balaban J connectivity index is 2.69. The fraction of sp³-hybridized carbons (Fsp3) is 0.462. The van der Waals surface area contributed by atoms with Crippen LogP contribution in [0.2, 0.25) is 0 Å². The molecule has 1 rings (SSSR count). The molecule has 0 saturated carbocycles. The highest BCUT2D eigenvalue weighted by molar-refractivity contribution is 9.13. The van der Waals surface area contributed by atoms with E-state index in [1.807, 2.05) is 42.1 Å². The molecule has 0 amide bonds. The van der Waals surface area contributed by atoms with E-state index in [0.717, 1.165) is 27.6 Å². The average Bonchev–Trinajstić information content (AvgIpc) is 2.30. The number of carboxylic acid groups (broad SMARTS) is 1. The molecule has 19 heavy (non-hydrogen) atoms. The lowest BCUT2D eigenvalue weighted by molar-refractivity contribution is -0.138. The van der Waals surface area contributed by atoms with Crippen LogP contribution < -0.4 is 0 Å². The minimum atomic E-state index is -0.796. The Hall–Kier alpha value is -0.430. The van der Waals surface area contributed by atoms with Crippen LogP contribution in [0.3, 0.4) is 0 Å². The van der Waals surface area contributed by atoms with Gasteiger partial charge in [-0.1, -0.05) is 6.07 Å². The fourth-order valence-electron chi connectivity index (χ4n) is 1.64. The van der Waals surface area contributed by atoms with Crippen LogP contribution in [0.1, 0.15) is 5.56 Å². The molecule has 106 valence electrons. The van der Waals surface area contributed by atoms with Crippen LogP contribution in [0.15, 0.2) is 27.1 Å². The predicted octanol–water partition coefficient (Wildman–Crippen LogP) is 2.66. The molecule has 0 aromatic heterocycles. The van der Waals surface area contributed by atoms with Crippen molar-refractivity contribution in [2.45, 2.75) is 6.54 Å². The lowest BCUT2D eigenvalue weighted by Gasteiger charge is -2.22. The zero-order valence-electron chi connectivity index (χ0n) is 11.1. The molecule has 0 aliphatic rings. The van der Waals surface area contributed by atoms with Crippen molar-refractivity contribution in [3.8, 4) is 0 Å². The maximum atomic E-state index is 10.9. The third-order valence-corrected chi connectivity index (χ3v) is 4.49. The van der Waals surface area contributed by atoms with Gasteiger partial charge >= 0.3 is 5.97 Å². The number of rotatable bonds is 7. The van der Waals surface area contributed by atoms with Crippen molar-refractivity contribution in [3.05, 3.63) is 32.7 Å². The summed E-state index contributed by atoms with van der Waals surface area (Å²) in [7, 11) is 3.96. The molecule has 0 aliphatic heterocycles. The Morgan fingerprint density at radius 2 is 1.89 bits per heavy atom. The number of likely N-dealkylation sites (N-methyl/N-ethyl adjacent to an activating group) is 1. The number of carboxylic acids is 1. The number of hydrogen-bond acceptors (Lipinski definition) is 3. The second kappa shape index (κ2) is 7.99. The van der Waals surface area contributed by atoms with Gasteiger partial charge in [-0.2, -0.15) is 0 Å². The lowest BCUT2D eigenvalue weighted by atomic mass is 10.2. The van der Waals surface area contributed by atoms with Crippen molar-refractivity contribution in [3.63, 3.8) is 0 Å². The first kappa shape index (κ1) is 16.6. The average molecular weight is 394 g/mol. The third kappa shape index (κ3) is 6.51. The highest BCUT2D eigenvalue weighted by Gasteiger charge is 2.11. The Morgan fingerprint density at radius 1 is 1.21 bits per heavy atom. The lowest BCUT2D eigenvalue weighted by Crippen LogP contribution is -2.35. The molecule has 0 saturated heterocycles. The van der Waals surface area contributed by atoms with Crippen molar-refractivity contribution in [2.75, 3.05) is 33.7 Å². The normalized spacial score (nSPS) is 11.3. The summed E-state index contributed by atoms with van der Waals surface area (Å²) in [5.41, 5.74) is 1.09. The number of hydrogen-bond donors (Lipinski definition) is 1. The van der Waals surface area contributed by atoms with E-state index in [2.05, 4.69) is 31.9 Å². The van der Waals surface area contributed by atoms with Gasteiger partial charge in [-0.25, -0.2) is 0 Å². The van der Waals surface area contributed by atoms with Crippen LogP contribution in [-0.4, -0.2) is 54.6 Å². The van der Waals surface area contributed by atoms with Crippen molar-refractivity contribution < 1.29 is 9.90 Å². The first-order chi connectivity index (χ1) is 8.88. The molecular formula is C13H18Br2N2O2. The first-order valence-electron chi connectivity index (χ1n) is 5.91. The number of halogens is 2. The van der Waals surface area contributed by atoms with Gasteiger partial charge in [0.1, 0.15) is 0 Å². The summed E-state index contributed by atoms with van der Waals surface area (Å²) < 4.78 is 1.97. The van der Waals surface area contributed by atoms with Gasteiger partial charge in [-0.05, 0) is 63.7 Å². The van der Waals surface area contributed by atoms with E-state index in [-0.39, 0.29) is 6.54 Å². The van der Waals surface area contributed by atoms with Gasteiger partial charge in [0.2, 0.25) is 0 Å². The third-order valence-electron chi connectivity index (χ3n) is 2.61. The van der Waals surface area contributed by atoms with E-state index in [1.165, 1.54) is 0 Å². The maximum absolute atomic E-state index is 10.9. The molecule has 1 aromatic carbocycles. The minimum absolute atomic E-state index is 0.0571. The van der Waals surface area contributed by atoms with Crippen LogP contribution in [0.25, 0.3) is 0 Å². The largest absolute Gasteiger partial charge is 0.480 e. The molecule has 0 bridgehead atoms. The molecule has 0 heterocycles. The second-order valence-electron chi connectivity index (χ2n) is 4.66. The maximum Gasteiger partial charge on any atom is 0.317 e. The Morgan fingerprint density at radius 3 is 2.42 bits per heavy atom. The Labute approximate surface area is 130 Å². The zero-order valence-corrected chi connectivity index (χ0v) is 14.2. The summed E-state index contributed by atoms with van der Waals surface area (Å²) in [6.07, 6.45) is 0. The van der Waals surface area contributed by atoms with Gasteiger partial charge in [0.15, 0.2) is 0 Å². The molecule has 0 aliphatic carbocycles. The molecule has 1 aromatic rings. The highest BCUT2D eigenvalue weighted by Crippen LogP contribution is 2.24. The van der Waals surface area contributed by atoms with E-state index in [9.17, 15) is 4.79 Å². The van der Waals surface area contributed by atoms with E-state index in [0.29, 0.717) is 6.54 Å². The molecule has 0 spiro atoms. The second-order valence-corrected chi connectivity index (χ2v) is 6.36. The first-order valence-corrected chi connectivity index (χ1v) is 7.50. The van der Waals surface area contributed by atoms with Gasteiger partial charge in [0.05, 0.1) is 6.54 Å². The van der Waals surface area contributed by atoms with Gasteiger partial charge in [0.25, 0.3) is 0 Å². The molecular weight excluding hydrogens is 376 g/mol. The Kier molecular flexibility index (Phi) is 6.99. The molecule has 4 nitrogen and oxygen atoms in total. The summed E-state index contributed by atoms with van der Waals surface area (Å²) >= 11 is 6.88. The predicted molar refractivity (Wildman–Crippen MR) is 83.3 cm³/mol. The molecule has 6 heteroatoms. The smallest absolute Gasteiger partial charge is 0.317 e. The van der Waals surface area contributed by atoms with Crippen LogP contribution >= 0.6 is 31.9 Å². The summed E-state index contributed by atoms with van der Waals surface area (Å²) in [6, 6.07) is 5.97. The Bertz CT molecular complexity index is 439. The molecule has 0 radical (unpaired) electrons. The summed E-state index contributed by atoms with van der Waals surface area (Å²) in [5, 5.41) is 8.95. The SMILES string of the molecule is CN(C)CCN(CC(=O)O)Cc1ccc(Br)c(Br)c1. The highest BCUT2D eigenvalue weighted by atomic mass is 79.9. The minimum Gasteiger partial charge on any atom is -0.480 e. The van der Waals surface area contributed by atoms with Gasteiger partial charge < -0.3 is 10.0 Å². The molecule has 1 N–H and O–H groups in total. The number of benzene rings is 1. The number of carbonyl (C=O) groups is 1. The molecule has 0 fully saturated rings. The number of nitrogens with zero attached hydrogens (tertiary/aromatic N) is 2. The summed E-state index contributed by atoms with van der Waals surface area (Å²) in [4.78, 5) is 14.9. The zero-order chi connectivity index (χ0) is 14.4. The summed E-state index contributed by atoms with van der Waals surface area (Å²) in [5.74, 6) is -0.796. The van der Waals surface area contributed by atoms with Crippen LogP contribution in [0, 0.1) is 0 Å². The van der Waals surface area contributed by atoms with Crippen molar-refractivity contribution in [1.82, 2.24) is 9.80 Å². The van der Waals surface area contributed by atoms with E-state index in [1.54, 1.807) is 0 Å². The van der Waals surface area contributed by atoms with Gasteiger partial charge in [-0.15, -0.1) is 0 Å². The van der Waals surface area contributed by atoms with Crippen molar-refractivity contribution >= 4 is 37.8 Å². The monoisotopic (exact) mass is 392 g/mol. The quantitative estimate of drug-likeness (QED) is 0.773. The topological polar surface area (TPSA) is 43.8 Å². The van der Waals surface area contributed by atoms with E-state index < -0.39 is 5.97 Å². The van der Waals surface area contributed by atoms with Crippen LogP contribution in [-0.2, 0) is 11.3 Å². The standard InChI is InChI=1S/C13H18Br2N2O2/c1-16(2)5-6-17(9-13(18)19)8-10-3-4-11(14)12(15)7-10/h3-4,7H,5-6,8-9H2,1-2H3,(H,18,19). The fourth-order valence-corrected chi connectivity index (χ4v) is 2.32. The van der Waals surface area contributed by atoms with Gasteiger partial charge in [-0.3, -0.25) is 9.69 Å². The van der Waals surface area contributed by atoms with E-state index >= 15 is 0 Å². The molecule has 0 atom stereocenters. The van der Waals surface area contributed by atoms with Gasteiger partial charge in [0, 0.05) is 28.6 Å². The molecule has 0 unspecified atom stereocenters. The number of aliphatic carboxylic acids is 1. The van der Waals surface area contributed by atoms with E-state index in [4.69, 9.17) is 5.11 Å². The van der Waals surface area contributed by atoms with Crippen molar-refractivity contribution in [2.24, 2.45) is 0 Å². The van der Waals surface area contributed by atoms with Crippen LogP contribution in [0.4, 0.5) is 0 Å². The van der Waals surface area contributed by atoms with Crippen LogP contribution in [0.5, 0.6) is 0 Å².